The van der Waals surface area contributed by atoms with Gasteiger partial charge in [0, 0.05) is 18.2 Å². The first kappa shape index (κ1) is 17.0. The van der Waals surface area contributed by atoms with Crippen LogP contribution in [0.4, 0.5) is 17.1 Å². The number of carbonyl (C=O) groups is 2. The lowest BCUT2D eigenvalue weighted by Gasteiger charge is -2.25. The zero-order chi connectivity index (χ0) is 18.8. The topological polar surface area (TPSA) is 49.4 Å². The minimum absolute atomic E-state index is 0.0776. The van der Waals surface area contributed by atoms with Gasteiger partial charge in [0.25, 0.3) is 5.91 Å². The van der Waals surface area contributed by atoms with E-state index < -0.39 is 0 Å². The summed E-state index contributed by atoms with van der Waals surface area (Å²) in [6.45, 7) is 1.48. The molecule has 0 unspecified atom stereocenters. The van der Waals surface area contributed by atoms with Crippen molar-refractivity contribution in [2.24, 2.45) is 0 Å². The van der Waals surface area contributed by atoms with Crippen molar-refractivity contribution in [1.82, 2.24) is 0 Å². The molecule has 4 nitrogen and oxygen atoms in total. The van der Waals surface area contributed by atoms with Crippen molar-refractivity contribution in [3.63, 3.8) is 0 Å². The number of carbonyl (C=O) groups excluding carboxylic acids is 2. The van der Waals surface area contributed by atoms with Crippen LogP contribution in [0, 0.1) is 0 Å². The fourth-order valence-corrected chi connectivity index (χ4v) is 3.53. The zero-order valence-electron chi connectivity index (χ0n) is 15.1. The average molecular weight is 356 g/mol. The highest BCUT2D eigenvalue weighted by atomic mass is 16.2. The van der Waals surface area contributed by atoms with Gasteiger partial charge < -0.3 is 5.32 Å². The Labute approximate surface area is 158 Å². The monoisotopic (exact) mass is 356 g/mol. The summed E-state index contributed by atoms with van der Waals surface area (Å²) in [5.41, 5.74) is 5.25. The van der Waals surface area contributed by atoms with Crippen molar-refractivity contribution in [2.75, 3.05) is 10.2 Å². The first-order valence-corrected chi connectivity index (χ1v) is 9.01. The van der Waals surface area contributed by atoms with Gasteiger partial charge in [-0.25, -0.2) is 0 Å². The third kappa shape index (κ3) is 3.34. The SMILES string of the molecule is CC(=O)Nc1ccc2c(c1)N(C(=O)c1ccccc1)c1ccccc1CC2. The number of benzene rings is 3. The molecular weight excluding hydrogens is 336 g/mol. The maximum atomic E-state index is 13.5. The molecule has 0 atom stereocenters. The highest BCUT2D eigenvalue weighted by Crippen LogP contribution is 2.38. The second-order valence-corrected chi connectivity index (χ2v) is 6.66. The minimum atomic E-state index is -0.134. The molecule has 1 aliphatic heterocycles. The summed E-state index contributed by atoms with van der Waals surface area (Å²) >= 11 is 0. The van der Waals surface area contributed by atoms with Crippen LogP contribution in [0.5, 0.6) is 0 Å². The van der Waals surface area contributed by atoms with E-state index in [0.29, 0.717) is 11.3 Å². The van der Waals surface area contributed by atoms with Gasteiger partial charge in [-0.05, 0) is 54.3 Å². The van der Waals surface area contributed by atoms with Crippen LogP contribution in [0.3, 0.4) is 0 Å². The summed E-state index contributed by atoms with van der Waals surface area (Å²) in [5.74, 6) is -0.212. The number of para-hydroxylation sites is 1. The Morgan fingerprint density at radius 2 is 1.48 bits per heavy atom. The lowest BCUT2D eigenvalue weighted by molar-refractivity contribution is -0.114. The fraction of sp³-hybridized carbons (Fsp3) is 0.130. The Balaban J connectivity index is 1.89. The molecule has 4 heteroatoms. The van der Waals surface area contributed by atoms with Crippen LogP contribution < -0.4 is 10.2 Å². The van der Waals surface area contributed by atoms with Crippen LogP contribution in [-0.2, 0) is 17.6 Å². The number of nitrogens with one attached hydrogen (secondary N) is 1. The van der Waals surface area contributed by atoms with Crippen molar-refractivity contribution in [2.45, 2.75) is 19.8 Å². The molecule has 27 heavy (non-hydrogen) atoms. The lowest BCUT2D eigenvalue weighted by atomic mass is 10.0. The van der Waals surface area contributed by atoms with Crippen LogP contribution in [-0.4, -0.2) is 11.8 Å². The van der Waals surface area contributed by atoms with Gasteiger partial charge in [-0.15, -0.1) is 0 Å². The molecule has 1 aliphatic rings. The molecule has 134 valence electrons. The van der Waals surface area contributed by atoms with Gasteiger partial charge in [-0.1, -0.05) is 42.5 Å². The second-order valence-electron chi connectivity index (χ2n) is 6.66. The molecule has 1 heterocycles. The Kier molecular flexibility index (Phi) is 4.47. The summed E-state index contributed by atoms with van der Waals surface area (Å²) in [7, 11) is 0. The summed E-state index contributed by atoms with van der Waals surface area (Å²) in [6, 6.07) is 23.1. The maximum Gasteiger partial charge on any atom is 0.262 e. The van der Waals surface area contributed by atoms with Crippen LogP contribution >= 0.6 is 0 Å². The lowest BCUT2D eigenvalue weighted by Crippen LogP contribution is -2.27. The van der Waals surface area contributed by atoms with Gasteiger partial charge in [-0.2, -0.15) is 0 Å². The van der Waals surface area contributed by atoms with E-state index >= 15 is 0 Å². The van der Waals surface area contributed by atoms with Crippen molar-refractivity contribution in [3.8, 4) is 0 Å². The first-order chi connectivity index (χ1) is 13.1. The molecule has 4 rings (SSSR count). The van der Waals surface area contributed by atoms with Crippen molar-refractivity contribution in [3.05, 3.63) is 89.5 Å². The highest BCUT2D eigenvalue weighted by Gasteiger charge is 2.27. The van der Waals surface area contributed by atoms with Gasteiger partial charge in [0.15, 0.2) is 0 Å². The third-order valence-electron chi connectivity index (χ3n) is 4.77. The highest BCUT2D eigenvalue weighted by molar-refractivity contribution is 6.12. The predicted molar refractivity (Wildman–Crippen MR) is 108 cm³/mol. The maximum absolute atomic E-state index is 13.5. The Morgan fingerprint density at radius 3 is 2.22 bits per heavy atom. The molecule has 2 amide bonds. The smallest absolute Gasteiger partial charge is 0.262 e. The Bertz CT molecular complexity index is 1010. The van der Waals surface area contributed by atoms with E-state index in [1.807, 2.05) is 66.7 Å². The standard InChI is InChI=1S/C23H20N2O2/c1-16(26)24-20-14-13-18-12-11-17-7-5-6-10-21(17)25(22(18)15-20)23(27)19-8-3-2-4-9-19/h2-10,13-15H,11-12H2,1H3,(H,24,26). The largest absolute Gasteiger partial charge is 0.326 e. The number of nitrogens with zero attached hydrogens (tertiary/aromatic N) is 1. The molecule has 0 fully saturated rings. The van der Waals surface area contributed by atoms with E-state index in [2.05, 4.69) is 11.4 Å². The molecule has 3 aromatic carbocycles. The summed E-state index contributed by atoms with van der Waals surface area (Å²) in [5, 5.41) is 2.82. The molecule has 0 saturated carbocycles. The predicted octanol–water partition coefficient (Wildman–Crippen LogP) is 4.72. The van der Waals surface area contributed by atoms with Crippen molar-refractivity contribution >= 4 is 28.9 Å². The van der Waals surface area contributed by atoms with E-state index in [1.165, 1.54) is 6.92 Å². The second kappa shape index (κ2) is 7.08. The molecule has 0 saturated heterocycles. The number of rotatable bonds is 2. The fourth-order valence-electron chi connectivity index (χ4n) is 3.53. The molecule has 0 aromatic heterocycles. The van der Waals surface area contributed by atoms with E-state index in [4.69, 9.17) is 0 Å². The molecule has 0 radical (unpaired) electrons. The van der Waals surface area contributed by atoms with E-state index in [0.717, 1.165) is 35.3 Å². The summed E-state index contributed by atoms with van der Waals surface area (Å²) in [4.78, 5) is 26.7. The van der Waals surface area contributed by atoms with Crippen molar-refractivity contribution in [1.29, 1.82) is 0 Å². The van der Waals surface area contributed by atoms with Crippen LogP contribution in [0.1, 0.15) is 28.4 Å². The minimum Gasteiger partial charge on any atom is -0.326 e. The summed E-state index contributed by atoms with van der Waals surface area (Å²) in [6.07, 6.45) is 1.70. The quantitative estimate of drug-likeness (QED) is 0.722. The normalized spacial score (nSPS) is 12.6. The van der Waals surface area contributed by atoms with Crippen molar-refractivity contribution < 1.29 is 9.59 Å². The number of hydrogen-bond acceptors (Lipinski definition) is 2. The Morgan fingerprint density at radius 1 is 0.815 bits per heavy atom. The van der Waals surface area contributed by atoms with E-state index in [1.54, 1.807) is 4.90 Å². The first-order valence-electron chi connectivity index (χ1n) is 9.01. The summed E-state index contributed by atoms with van der Waals surface area (Å²) < 4.78 is 0. The van der Waals surface area contributed by atoms with E-state index in [-0.39, 0.29) is 11.8 Å². The van der Waals surface area contributed by atoms with Gasteiger partial charge in [0.05, 0.1) is 11.4 Å². The number of hydrogen-bond donors (Lipinski definition) is 1. The Hall–Kier alpha value is -3.40. The van der Waals surface area contributed by atoms with Gasteiger partial charge in [0.1, 0.15) is 0 Å². The molecule has 0 bridgehead atoms. The number of fused-ring (bicyclic) bond motifs is 2. The zero-order valence-corrected chi connectivity index (χ0v) is 15.1. The van der Waals surface area contributed by atoms with Crippen LogP contribution in [0.25, 0.3) is 0 Å². The molecular formula is C23H20N2O2. The van der Waals surface area contributed by atoms with Gasteiger partial charge >= 0.3 is 0 Å². The molecule has 0 aliphatic carbocycles. The van der Waals surface area contributed by atoms with Crippen LogP contribution in [0.15, 0.2) is 72.8 Å². The van der Waals surface area contributed by atoms with Crippen LogP contribution in [0.2, 0.25) is 0 Å². The number of amides is 2. The average Bonchev–Trinajstić information content (AvgIpc) is 2.84. The molecule has 0 spiro atoms. The van der Waals surface area contributed by atoms with Gasteiger partial charge in [0.2, 0.25) is 5.91 Å². The number of aryl methyl sites for hydroxylation is 2. The van der Waals surface area contributed by atoms with Gasteiger partial charge in [-0.3, -0.25) is 14.5 Å². The number of anilines is 3. The van der Waals surface area contributed by atoms with E-state index in [9.17, 15) is 9.59 Å². The molecule has 3 aromatic rings. The molecule has 1 N–H and O–H groups in total. The third-order valence-corrected chi connectivity index (χ3v) is 4.77.